The largest absolute Gasteiger partial charge is 0.390 e. The summed E-state index contributed by atoms with van der Waals surface area (Å²) in [6.07, 6.45) is 5.37. The van der Waals surface area contributed by atoms with Crippen molar-refractivity contribution in [2.75, 3.05) is 13.3 Å². The molecular formula is C13H16INS3. The minimum atomic E-state index is 0. The van der Waals surface area contributed by atoms with Crippen LogP contribution in [-0.2, 0) is 6.42 Å². The highest BCUT2D eigenvalue weighted by molar-refractivity contribution is 14.0. The minimum absolute atomic E-state index is 0. The number of thioether (sulfide) groups is 1. The van der Waals surface area contributed by atoms with Crippen LogP contribution >= 0.6 is 57.3 Å². The van der Waals surface area contributed by atoms with Gasteiger partial charge in [-0.3, -0.25) is 0 Å². The number of hydrogen-bond acceptors (Lipinski definition) is 4. The second-order valence-electron chi connectivity index (χ2n) is 3.59. The van der Waals surface area contributed by atoms with Gasteiger partial charge in [-0.2, -0.15) is 0 Å². The average Bonchev–Trinajstić information content (AvgIpc) is 2.86. The third-order valence-corrected chi connectivity index (χ3v) is 6.31. The highest BCUT2D eigenvalue weighted by Crippen LogP contribution is 2.49. The Bertz CT molecular complexity index is 443. The van der Waals surface area contributed by atoms with Crippen LogP contribution in [0, 0.1) is 0 Å². The molecule has 0 saturated carbocycles. The van der Waals surface area contributed by atoms with Crippen LogP contribution in [0.4, 0.5) is 0 Å². The summed E-state index contributed by atoms with van der Waals surface area (Å²) < 4.78 is 1.38. The number of benzene rings is 1. The summed E-state index contributed by atoms with van der Waals surface area (Å²) in [6, 6.07) is 10.6. The molecule has 18 heavy (non-hydrogen) atoms. The van der Waals surface area contributed by atoms with Crippen LogP contribution in [0.2, 0.25) is 0 Å². The Morgan fingerprint density at radius 2 is 1.94 bits per heavy atom. The van der Waals surface area contributed by atoms with Crippen LogP contribution in [0.25, 0.3) is 0 Å². The first-order valence-electron chi connectivity index (χ1n) is 5.38. The van der Waals surface area contributed by atoms with Crippen molar-refractivity contribution in [1.82, 2.24) is 5.32 Å². The molecule has 0 fully saturated rings. The lowest BCUT2D eigenvalue weighted by molar-refractivity contribution is 0.918. The monoisotopic (exact) mass is 409 g/mol. The first-order chi connectivity index (χ1) is 8.33. The molecule has 0 saturated heterocycles. The van der Waals surface area contributed by atoms with E-state index in [0.29, 0.717) is 0 Å². The van der Waals surface area contributed by atoms with Crippen molar-refractivity contribution < 1.29 is 0 Å². The van der Waals surface area contributed by atoms with E-state index in [1.165, 1.54) is 20.4 Å². The van der Waals surface area contributed by atoms with Gasteiger partial charge in [0.05, 0.1) is 4.24 Å². The lowest BCUT2D eigenvalue weighted by Crippen LogP contribution is -2.10. The lowest BCUT2D eigenvalue weighted by Gasteiger charge is -2.09. The van der Waals surface area contributed by atoms with Crippen LogP contribution in [0.15, 0.2) is 51.2 Å². The second-order valence-corrected chi connectivity index (χ2v) is 6.91. The van der Waals surface area contributed by atoms with Crippen LogP contribution < -0.4 is 5.32 Å². The number of nitrogens with one attached hydrogen (secondary N) is 1. The Morgan fingerprint density at radius 3 is 2.50 bits per heavy atom. The van der Waals surface area contributed by atoms with E-state index >= 15 is 0 Å². The molecule has 0 amide bonds. The van der Waals surface area contributed by atoms with E-state index in [4.69, 9.17) is 0 Å². The number of hydrogen-bond donors (Lipinski definition) is 1. The van der Waals surface area contributed by atoms with Crippen LogP contribution in [0.5, 0.6) is 0 Å². The van der Waals surface area contributed by atoms with Crippen molar-refractivity contribution in [2.24, 2.45) is 0 Å². The third kappa shape index (κ3) is 4.43. The summed E-state index contributed by atoms with van der Waals surface area (Å²) in [5.41, 5.74) is 2.65. The highest BCUT2D eigenvalue weighted by atomic mass is 127. The van der Waals surface area contributed by atoms with E-state index in [0.717, 1.165) is 6.42 Å². The molecule has 1 nitrogen and oxygen atoms in total. The fourth-order valence-electron chi connectivity index (χ4n) is 1.57. The van der Waals surface area contributed by atoms with Gasteiger partial charge in [-0.15, -0.1) is 35.7 Å². The van der Waals surface area contributed by atoms with Gasteiger partial charge in [-0.25, -0.2) is 0 Å². The number of rotatable bonds is 4. The van der Waals surface area contributed by atoms with Crippen molar-refractivity contribution >= 4 is 57.3 Å². The molecule has 0 aliphatic carbocycles. The summed E-state index contributed by atoms with van der Waals surface area (Å²) in [7, 11) is 5.70. The maximum atomic E-state index is 3.33. The van der Waals surface area contributed by atoms with Gasteiger partial charge < -0.3 is 5.32 Å². The summed E-state index contributed by atoms with van der Waals surface area (Å²) in [5.74, 6) is 0. The maximum Gasteiger partial charge on any atom is 0.0523 e. The molecule has 1 aliphatic heterocycles. The van der Waals surface area contributed by atoms with Crippen LogP contribution in [0.3, 0.4) is 0 Å². The topological polar surface area (TPSA) is 12.0 Å². The Hall–Kier alpha value is 0.280. The van der Waals surface area contributed by atoms with E-state index < -0.39 is 0 Å². The van der Waals surface area contributed by atoms with Gasteiger partial charge in [0.1, 0.15) is 0 Å². The molecule has 0 aromatic heterocycles. The van der Waals surface area contributed by atoms with Gasteiger partial charge in [0.25, 0.3) is 0 Å². The molecule has 0 bridgehead atoms. The summed E-state index contributed by atoms with van der Waals surface area (Å²) in [6.45, 7) is 0. The second kappa shape index (κ2) is 8.45. The Labute approximate surface area is 138 Å². The fraction of sp³-hybridized carbons (Fsp3) is 0.231. The molecule has 0 atom stereocenters. The SMILES string of the molecule is CN/C(Cc1ccccc1)=C1\C=C(SC)SS1.I. The molecule has 1 aromatic rings. The smallest absolute Gasteiger partial charge is 0.0523 e. The van der Waals surface area contributed by atoms with Crippen molar-refractivity contribution in [3.63, 3.8) is 0 Å². The van der Waals surface area contributed by atoms with E-state index in [1.54, 1.807) is 0 Å². The third-order valence-electron chi connectivity index (χ3n) is 2.49. The average molecular weight is 409 g/mol. The van der Waals surface area contributed by atoms with E-state index in [9.17, 15) is 0 Å². The summed E-state index contributed by atoms with van der Waals surface area (Å²) in [5, 5.41) is 3.33. The maximum absolute atomic E-state index is 3.33. The molecule has 0 radical (unpaired) electrons. The highest BCUT2D eigenvalue weighted by Gasteiger charge is 2.14. The molecule has 1 heterocycles. The summed E-state index contributed by atoms with van der Waals surface area (Å²) >= 11 is 1.81. The molecule has 1 aromatic carbocycles. The lowest BCUT2D eigenvalue weighted by atomic mass is 10.1. The van der Waals surface area contributed by atoms with Gasteiger partial charge in [-0.1, -0.05) is 41.1 Å². The van der Waals surface area contributed by atoms with Gasteiger partial charge in [0.15, 0.2) is 0 Å². The van der Waals surface area contributed by atoms with E-state index in [2.05, 4.69) is 48.0 Å². The minimum Gasteiger partial charge on any atom is -0.390 e. The van der Waals surface area contributed by atoms with Crippen molar-refractivity contribution in [3.05, 3.63) is 56.8 Å². The van der Waals surface area contributed by atoms with Crippen LogP contribution in [0.1, 0.15) is 5.56 Å². The molecule has 0 unspecified atom stereocenters. The fourth-order valence-corrected chi connectivity index (χ4v) is 5.03. The summed E-state index contributed by atoms with van der Waals surface area (Å²) in [4.78, 5) is 1.35. The normalized spacial score (nSPS) is 16.9. The van der Waals surface area contributed by atoms with Crippen molar-refractivity contribution in [1.29, 1.82) is 0 Å². The predicted octanol–water partition coefficient (Wildman–Crippen LogP) is 4.88. The van der Waals surface area contributed by atoms with E-state index in [1.807, 2.05) is 40.4 Å². The Morgan fingerprint density at radius 1 is 1.22 bits per heavy atom. The van der Waals surface area contributed by atoms with Gasteiger partial charge >= 0.3 is 0 Å². The molecule has 1 N–H and O–H groups in total. The first kappa shape index (κ1) is 16.3. The number of halogens is 1. The number of likely N-dealkylation sites (N-methyl/N-ethyl adjacent to an activating group) is 1. The quantitative estimate of drug-likeness (QED) is 0.562. The van der Waals surface area contributed by atoms with Crippen LogP contribution in [-0.4, -0.2) is 13.3 Å². The predicted molar refractivity (Wildman–Crippen MR) is 98.4 cm³/mol. The van der Waals surface area contributed by atoms with Crippen molar-refractivity contribution in [3.8, 4) is 0 Å². The standard InChI is InChI=1S/C13H15NS3.HI/c1-14-11(8-10-6-4-3-5-7-10)12-9-13(15-2)17-16-12;/h3-7,9,14H,8H2,1-2H3;1H/b12-11+;. The molecule has 98 valence electrons. The molecule has 1 aliphatic rings. The van der Waals surface area contributed by atoms with Crippen molar-refractivity contribution in [2.45, 2.75) is 6.42 Å². The first-order valence-corrected chi connectivity index (χ1v) is 8.76. The number of allylic oxidation sites excluding steroid dienone is 2. The van der Waals surface area contributed by atoms with Gasteiger partial charge in [-0.05, 0) is 28.7 Å². The molecule has 0 spiro atoms. The zero-order chi connectivity index (χ0) is 12.1. The Kier molecular flexibility index (Phi) is 7.67. The molecule has 5 heteroatoms. The molecular weight excluding hydrogens is 393 g/mol. The zero-order valence-corrected chi connectivity index (χ0v) is 15.1. The Balaban J connectivity index is 0.00000162. The molecule has 2 rings (SSSR count). The van der Waals surface area contributed by atoms with E-state index in [-0.39, 0.29) is 24.0 Å². The van der Waals surface area contributed by atoms with Gasteiger partial charge in [0, 0.05) is 24.1 Å². The zero-order valence-electron chi connectivity index (χ0n) is 10.3. The van der Waals surface area contributed by atoms with Gasteiger partial charge in [0.2, 0.25) is 0 Å².